The number of rotatable bonds is 8. The molecule has 0 aromatic heterocycles. The van der Waals surface area contributed by atoms with Gasteiger partial charge < -0.3 is 10.4 Å². The summed E-state index contributed by atoms with van der Waals surface area (Å²) in [5.74, 6) is 0.162. The molecule has 0 bridgehead atoms. The summed E-state index contributed by atoms with van der Waals surface area (Å²) in [6, 6.07) is 10.1. The lowest BCUT2D eigenvalue weighted by atomic mass is 9.78. The van der Waals surface area contributed by atoms with Crippen LogP contribution in [-0.4, -0.2) is 31.3 Å². The summed E-state index contributed by atoms with van der Waals surface area (Å²) in [4.78, 5) is 12.7. The summed E-state index contributed by atoms with van der Waals surface area (Å²) in [5.41, 5.74) is 2.82. The monoisotopic (exact) mass is 538 g/mol. The fourth-order valence-electron chi connectivity index (χ4n) is 3.44. The number of benzene rings is 2. The van der Waals surface area contributed by atoms with Crippen LogP contribution in [0.25, 0.3) is 0 Å². The highest BCUT2D eigenvalue weighted by molar-refractivity contribution is 9.09. The van der Waals surface area contributed by atoms with Crippen molar-refractivity contribution in [1.82, 2.24) is 4.72 Å². The van der Waals surface area contributed by atoms with Crippen LogP contribution in [0.2, 0.25) is 0 Å². The number of amides is 1. The lowest BCUT2D eigenvalue weighted by molar-refractivity contribution is -0.116. The molecule has 6 nitrogen and oxygen atoms in total. The molecule has 8 heteroatoms. The number of anilines is 1. The maximum absolute atomic E-state index is 12.5. The Balaban J connectivity index is 2.12. The average molecular weight is 540 g/mol. The van der Waals surface area contributed by atoms with Crippen LogP contribution in [-0.2, 0) is 32.1 Å². The van der Waals surface area contributed by atoms with Gasteiger partial charge in [-0.25, -0.2) is 13.1 Å². The van der Waals surface area contributed by atoms with Crippen LogP contribution < -0.4 is 10.0 Å². The van der Waals surface area contributed by atoms with Gasteiger partial charge in [-0.05, 0) is 58.2 Å². The molecule has 3 N–H and O–H groups in total. The van der Waals surface area contributed by atoms with Crippen LogP contribution in [0.5, 0.6) is 5.75 Å². The fourth-order valence-corrected chi connectivity index (χ4v) is 4.93. The highest BCUT2D eigenvalue weighted by atomic mass is 79.9. The first-order valence-corrected chi connectivity index (χ1v) is 13.6. The van der Waals surface area contributed by atoms with E-state index in [-0.39, 0.29) is 28.1 Å². The summed E-state index contributed by atoms with van der Waals surface area (Å²) in [5, 5.41) is 14.2. The lowest BCUT2D eigenvalue weighted by Gasteiger charge is -2.28. The van der Waals surface area contributed by atoms with Gasteiger partial charge in [-0.3, -0.25) is 4.79 Å². The van der Waals surface area contributed by atoms with Gasteiger partial charge in [0.25, 0.3) is 0 Å². The van der Waals surface area contributed by atoms with E-state index < -0.39 is 10.0 Å². The molecule has 0 saturated heterocycles. The molecule has 1 amide bonds. The van der Waals surface area contributed by atoms with Gasteiger partial charge in [0.15, 0.2) is 0 Å². The van der Waals surface area contributed by atoms with Crippen LogP contribution in [0.4, 0.5) is 5.69 Å². The summed E-state index contributed by atoms with van der Waals surface area (Å²) < 4.78 is 26.8. The number of carbonyl (C=O) groups excluding carboxylic acids is 1. The number of hydrogen-bond donors (Lipinski definition) is 3. The number of hydrogen-bond acceptors (Lipinski definition) is 4. The van der Waals surface area contributed by atoms with E-state index in [1.165, 1.54) is 12.1 Å². The van der Waals surface area contributed by atoms with Crippen molar-refractivity contribution in [3.8, 4) is 5.75 Å². The number of nitrogens with one attached hydrogen (secondary N) is 2. The maximum Gasteiger partial charge on any atom is 0.240 e. The number of aromatic hydroxyl groups is 1. The van der Waals surface area contributed by atoms with Crippen LogP contribution in [0.1, 0.15) is 64.7 Å². The van der Waals surface area contributed by atoms with Crippen molar-refractivity contribution in [3.63, 3.8) is 0 Å². The zero-order chi connectivity index (χ0) is 25.0. The standard InChI is InChI=1S/C25H35BrN2O4S/c1-24(2,3)20-15-17(16-21(23(20)30)25(4,5)6)7-12-22(29)28-18-8-10-19(11-9-18)33(31,32)27-14-13-26/h8-11,15-16,27,30H,7,12-14H2,1-6H3,(H,28,29). The molecular formula is C25H35BrN2O4S. The number of halogens is 1. The molecule has 0 heterocycles. The van der Waals surface area contributed by atoms with Crippen LogP contribution in [0, 0.1) is 0 Å². The number of sulfonamides is 1. The van der Waals surface area contributed by atoms with E-state index in [1.807, 2.05) is 12.1 Å². The molecule has 0 aliphatic rings. The van der Waals surface area contributed by atoms with E-state index in [0.717, 1.165) is 16.7 Å². The molecule has 0 fully saturated rings. The minimum Gasteiger partial charge on any atom is -0.507 e. The number of carbonyl (C=O) groups is 1. The van der Waals surface area contributed by atoms with Crippen molar-refractivity contribution in [1.29, 1.82) is 0 Å². The molecule has 0 aliphatic heterocycles. The molecule has 0 aliphatic carbocycles. The second-order valence-electron chi connectivity index (χ2n) is 10.2. The molecule has 0 radical (unpaired) electrons. The second kappa shape index (κ2) is 10.6. The van der Waals surface area contributed by atoms with Gasteiger partial charge >= 0.3 is 0 Å². The number of phenolic OH excluding ortho intramolecular Hbond substituents is 1. The SMILES string of the molecule is CC(C)(C)c1cc(CCC(=O)Nc2ccc(S(=O)(=O)NCCBr)cc2)cc(C(C)(C)C)c1O. The van der Waals surface area contributed by atoms with Crippen molar-refractivity contribution in [3.05, 3.63) is 53.1 Å². The Labute approximate surface area is 206 Å². The molecule has 2 aromatic rings. The normalized spacial score (nSPS) is 12.6. The van der Waals surface area contributed by atoms with Crippen molar-refractivity contribution in [2.24, 2.45) is 0 Å². The van der Waals surface area contributed by atoms with Gasteiger partial charge in [-0.2, -0.15) is 0 Å². The first-order chi connectivity index (χ1) is 15.1. The van der Waals surface area contributed by atoms with Crippen molar-refractivity contribution >= 4 is 37.5 Å². The number of phenols is 1. The molecule has 0 atom stereocenters. The van der Waals surface area contributed by atoms with Crippen LogP contribution >= 0.6 is 15.9 Å². The third kappa shape index (κ3) is 7.55. The molecule has 33 heavy (non-hydrogen) atoms. The van der Waals surface area contributed by atoms with Gasteiger partial charge in [0, 0.05) is 24.0 Å². The van der Waals surface area contributed by atoms with Gasteiger partial charge in [-0.15, -0.1) is 0 Å². The zero-order valence-electron chi connectivity index (χ0n) is 20.3. The van der Waals surface area contributed by atoms with Crippen molar-refractivity contribution < 1.29 is 18.3 Å². The third-order valence-corrected chi connectivity index (χ3v) is 7.13. The van der Waals surface area contributed by atoms with E-state index in [9.17, 15) is 18.3 Å². The molecule has 0 saturated carbocycles. The predicted octanol–water partition coefficient (Wildman–Crippen LogP) is 5.23. The predicted molar refractivity (Wildman–Crippen MR) is 138 cm³/mol. The Hall–Kier alpha value is -1.90. The summed E-state index contributed by atoms with van der Waals surface area (Å²) in [6.45, 7) is 12.7. The molecule has 2 rings (SSSR count). The lowest BCUT2D eigenvalue weighted by Crippen LogP contribution is -2.25. The molecule has 0 unspecified atom stereocenters. The first kappa shape index (κ1) is 27.3. The fraction of sp³-hybridized carbons (Fsp3) is 0.480. The smallest absolute Gasteiger partial charge is 0.240 e. The highest BCUT2D eigenvalue weighted by Gasteiger charge is 2.26. The van der Waals surface area contributed by atoms with Crippen molar-refractivity contribution in [2.75, 3.05) is 17.2 Å². The minimum absolute atomic E-state index is 0.148. The van der Waals surface area contributed by atoms with Gasteiger partial charge in [0.2, 0.25) is 15.9 Å². The Bertz CT molecular complexity index is 1050. The van der Waals surface area contributed by atoms with Crippen molar-refractivity contribution in [2.45, 2.75) is 70.1 Å². The van der Waals surface area contributed by atoms with E-state index in [2.05, 4.69) is 67.5 Å². The maximum atomic E-state index is 12.5. The average Bonchev–Trinajstić information content (AvgIpc) is 2.70. The Kier molecular flexibility index (Phi) is 8.76. The topological polar surface area (TPSA) is 95.5 Å². The van der Waals surface area contributed by atoms with E-state index in [1.54, 1.807) is 12.1 Å². The number of aryl methyl sites for hydroxylation is 1. The minimum atomic E-state index is -3.56. The Morgan fingerprint density at radius 2 is 1.48 bits per heavy atom. The largest absolute Gasteiger partial charge is 0.507 e. The summed E-state index contributed by atoms with van der Waals surface area (Å²) in [6.07, 6.45) is 0.798. The van der Waals surface area contributed by atoms with E-state index in [0.29, 0.717) is 29.7 Å². The highest BCUT2D eigenvalue weighted by Crippen LogP contribution is 2.40. The van der Waals surface area contributed by atoms with Crippen LogP contribution in [0.3, 0.4) is 0 Å². The summed E-state index contributed by atoms with van der Waals surface area (Å²) in [7, 11) is -3.56. The molecular weight excluding hydrogens is 504 g/mol. The van der Waals surface area contributed by atoms with Gasteiger partial charge in [-0.1, -0.05) is 69.6 Å². The van der Waals surface area contributed by atoms with Gasteiger partial charge in [0.1, 0.15) is 5.75 Å². The molecule has 2 aromatic carbocycles. The van der Waals surface area contributed by atoms with E-state index >= 15 is 0 Å². The summed E-state index contributed by atoms with van der Waals surface area (Å²) >= 11 is 3.19. The van der Waals surface area contributed by atoms with E-state index in [4.69, 9.17) is 0 Å². The Morgan fingerprint density at radius 1 is 0.970 bits per heavy atom. The molecule has 0 spiro atoms. The third-order valence-electron chi connectivity index (χ3n) is 5.26. The van der Waals surface area contributed by atoms with Gasteiger partial charge in [0.05, 0.1) is 4.90 Å². The quantitative estimate of drug-likeness (QED) is 0.401. The Morgan fingerprint density at radius 3 is 1.94 bits per heavy atom. The zero-order valence-corrected chi connectivity index (χ0v) is 22.7. The molecule has 182 valence electrons. The number of alkyl halides is 1. The first-order valence-electron chi connectivity index (χ1n) is 11.0. The van der Waals surface area contributed by atoms with Crippen LogP contribution in [0.15, 0.2) is 41.3 Å². The second-order valence-corrected chi connectivity index (χ2v) is 12.8.